The van der Waals surface area contributed by atoms with Gasteiger partial charge in [-0.1, -0.05) is 24.4 Å². The molecule has 1 aromatic carbocycles. The van der Waals surface area contributed by atoms with Crippen molar-refractivity contribution < 1.29 is 4.74 Å². The fourth-order valence-electron chi connectivity index (χ4n) is 1.85. The molecule has 1 aliphatic rings. The van der Waals surface area contributed by atoms with Crippen molar-refractivity contribution in [2.24, 2.45) is 0 Å². The fourth-order valence-corrected chi connectivity index (χ4v) is 2.24. The molecular formula is C12H14ClNOS. The lowest BCUT2D eigenvalue weighted by atomic mass is 10.2. The topological polar surface area (TPSA) is 12.5 Å². The zero-order valence-electron chi connectivity index (χ0n) is 8.93. The zero-order valence-corrected chi connectivity index (χ0v) is 10.5. The SMILES string of the molecule is S=CC1Oc2ccccc2N1CCCCCl. The van der Waals surface area contributed by atoms with E-state index in [2.05, 4.69) is 11.0 Å². The smallest absolute Gasteiger partial charge is 0.202 e. The van der Waals surface area contributed by atoms with Crippen molar-refractivity contribution in [3.8, 4) is 5.75 Å². The van der Waals surface area contributed by atoms with E-state index in [4.69, 9.17) is 28.6 Å². The first-order valence-electron chi connectivity index (χ1n) is 5.40. The van der Waals surface area contributed by atoms with Gasteiger partial charge in [0, 0.05) is 17.8 Å². The summed E-state index contributed by atoms with van der Waals surface area (Å²) in [4.78, 5) is 2.19. The Bertz CT molecular complexity index is 372. The number of para-hydroxylation sites is 2. The second kappa shape index (κ2) is 5.51. The van der Waals surface area contributed by atoms with E-state index >= 15 is 0 Å². The third-order valence-electron chi connectivity index (χ3n) is 2.63. The Labute approximate surface area is 106 Å². The van der Waals surface area contributed by atoms with Crippen molar-refractivity contribution in [2.75, 3.05) is 17.3 Å². The third-order valence-corrected chi connectivity index (χ3v) is 3.13. The summed E-state index contributed by atoms with van der Waals surface area (Å²) in [6, 6.07) is 8.03. The average molecular weight is 256 g/mol. The van der Waals surface area contributed by atoms with Crippen LogP contribution in [-0.2, 0) is 0 Å². The molecule has 2 rings (SSSR count). The van der Waals surface area contributed by atoms with E-state index in [0.717, 1.165) is 30.8 Å². The molecule has 1 heterocycles. The molecule has 0 saturated heterocycles. The number of nitrogens with zero attached hydrogens (tertiary/aromatic N) is 1. The number of halogens is 1. The maximum absolute atomic E-state index is 5.73. The summed E-state index contributed by atoms with van der Waals surface area (Å²) in [6.07, 6.45) is 1.97. The quantitative estimate of drug-likeness (QED) is 0.455. The summed E-state index contributed by atoms with van der Waals surface area (Å²) in [5.41, 5.74) is 1.13. The molecule has 1 unspecified atom stereocenters. The molecule has 1 aliphatic heterocycles. The summed E-state index contributed by atoms with van der Waals surface area (Å²) in [7, 11) is 0. The predicted octanol–water partition coefficient (Wildman–Crippen LogP) is 3.23. The average Bonchev–Trinajstić information content (AvgIpc) is 2.68. The van der Waals surface area contributed by atoms with E-state index in [1.54, 1.807) is 5.37 Å². The molecule has 0 aromatic heterocycles. The van der Waals surface area contributed by atoms with Crippen LogP contribution >= 0.6 is 23.8 Å². The van der Waals surface area contributed by atoms with E-state index in [9.17, 15) is 0 Å². The number of ether oxygens (including phenoxy) is 1. The van der Waals surface area contributed by atoms with E-state index in [-0.39, 0.29) is 6.23 Å². The van der Waals surface area contributed by atoms with Gasteiger partial charge in [0.05, 0.1) is 5.69 Å². The van der Waals surface area contributed by atoms with Crippen LogP contribution in [0.4, 0.5) is 5.69 Å². The number of benzene rings is 1. The van der Waals surface area contributed by atoms with Crippen LogP contribution in [0.1, 0.15) is 12.8 Å². The van der Waals surface area contributed by atoms with Gasteiger partial charge in [-0.15, -0.1) is 11.6 Å². The van der Waals surface area contributed by atoms with Crippen LogP contribution in [0.25, 0.3) is 0 Å². The van der Waals surface area contributed by atoms with E-state index in [0.29, 0.717) is 5.88 Å². The summed E-state index contributed by atoms with van der Waals surface area (Å²) >= 11 is 10.7. The van der Waals surface area contributed by atoms with Gasteiger partial charge in [0.15, 0.2) is 0 Å². The lowest BCUT2D eigenvalue weighted by Crippen LogP contribution is -2.36. The molecule has 0 spiro atoms. The van der Waals surface area contributed by atoms with Crippen molar-refractivity contribution in [1.82, 2.24) is 0 Å². The lowest BCUT2D eigenvalue weighted by molar-refractivity contribution is 0.297. The minimum atomic E-state index is -0.109. The Morgan fingerprint density at radius 1 is 1.38 bits per heavy atom. The van der Waals surface area contributed by atoms with Crippen molar-refractivity contribution in [3.63, 3.8) is 0 Å². The molecule has 1 aromatic rings. The van der Waals surface area contributed by atoms with Crippen molar-refractivity contribution in [1.29, 1.82) is 0 Å². The summed E-state index contributed by atoms with van der Waals surface area (Å²) in [6.45, 7) is 0.932. The summed E-state index contributed by atoms with van der Waals surface area (Å²) < 4.78 is 5.73. The maximum atomic E-state index is 5.73. The van der Waals surface area contributed by atoms with Crippen LogP contribution < -0.4 is 9.64 Å². The van der Waals surface area contributed by atoms with Gasteiger partial charge in [0.1, 0.15) is 5.75 Å². The van der Waals surface area contributed by atoms with Crippen LogP contribution in [0.3, 0.4) is 0 Å². The standard InChI is InChI=1S/C12H14ClNOS/c13-7-3-4-8-14-10-5-1-2-6-11(10)15-12(14)9-16/h1-2,5-6,9,12H,3-4,7-8H2. The molecule has 16 heavy (non-hydrogen) atoms. The van der Waals surface area contributed by atoms with E-state index in [1.165, 1.54) is 0 Å². The highest BCUT2D eigenvalue weighted by Gasteiger charge is 2.27. The number of alkyl halides is 1. The molecule has 2 nitrogen and oxygen atoms in total. The van der Waals surface area contributed by atoms with Crippen LogP contribution in [0.5, 0.6) is 5.75 Å². The number of rotatable bonds is 5. The second-order valence-corrected chi connectivity index (χ2v) is 4.35. The van der Waals surface area contributed by atoms with Gasteiger partial charge in [0.2, 0.25) is 6.23 Å². The van der Waals surface area contributed by atoms with Crippen LogP contribution in [-0.4, -0.2) is 24.0 Å². The molecule has 4 heteroatoms. The molecule has 0 bridgehead atoms. The Morgan fingerprint density at radius 3 is 2.94 bits per heavy atom. The van der Waals surface area contributed by atoms with Gasteiger partial charge in [-0.05, 0) is 25.0 Å². The Balaban J connectivity index is 2.11. The Kier molecular flexibility index (Phi) is 4.02. The largest absolute Gasteiger partial charge is 0.464 e. The second-order valence-electron chi connectivity index (χ2n) is 3.70. The van der Waals surface area contributed by atoms with E-state index in [1.807, 2.05) is 18.2 Å². The molecule has 86 valence electrons. The predicted molar refractivity (Wildman–Crippen MR) is 71.8 cm³/mol. The first-order valence-corrected chi connectivity index (χ1v) is 6.41. The Hall–Kier alpha value is -0.800. The number of unbranched alkanes of at least 4 members (excludes halogenated alkanes) is 1. The van der Waals surface area contributed by atoms with Gasteiger partial charge in [-0.3, -0.25) is 0 Å². The van der Waals surface area contributed by atoms with Gasteiger partial charge >= 0.3 is 0 Å². The number of fused-ring (bicyclic) bond motifs is 1. The fraction of sp³-hybridized carbons (Fsp3) is 0.417. The van der Waals surface area contributed by atoms with Crippen LogP contribution in [0.2, 0.25) is 0 Å². The third kappa shape index (κ3) is 2.30. The monoisotopic (exact) mass is 255 g/mol. The molecule has 0 radical (unpaired) electrons. The first kappa shape index (κ1) is 11.7. The number of hydrogen-bond acceptors (Lipinski definition) is 3. The molecule has 1 atom stereocenters. The highest BCUT2D eigenvalue weighted by molar-refractivity contribution is 7.79. The highest BCUT2D eigenvalue weighted by atomic mass is 35.5. The number of anilines is 1. The number of thiocarbonyl (C=S) groups is 1. The lowest BCUT2D eigenvalue weighted by Gasteiger charge is -2.21. The Morgan fingerprint density at radius 2 is 2.19 bits per heavy atom. The van der Waals surface area contributed by atoms with Crippen molar-refractivity contribution >= 4 is 34.9 Å². The molecule has 0 amide bonds. The highest BCUT2D eigenvalue weighted by Crippen LogP contribution is 2.36. The molecule has 0 N–H and O–H groups in total. The van der Waals surface area contributed by atoms with Gasteiger partial charge in [-0.25, -0.2) is 0 Å². The van der Waals surface area contributed by atoms with Crippen LogP contribution in [0.15, 0.2) is 24.3 Å². The van der Waals surface area contributed by atoms with Crippen LogP contribution in [0, 0.1) is 0 Å². The molecular weight excluding hydrogens is 242 g/mol. The molecule has 0 aliphatic carbocycles. The zero-order chi connectivity index (χ0) is 11.4. The molecule has 0 fully saturated rings. The van der Waals surface area contributed by atoms with Crippen molar-refractivity contribution in [3.05, 3.63) is 24.3 Å². The van der Waals surface area contributed by atoms with E-state index < -0.39 is 0 Å². The van der Waals surface area contributed by atoms with Gasteiger partial charge < -0.3 is 9.64 Å². The minimum absolute atomic E-state index is 0.109. The van der Waals surface area contributed by atoms with Gasteiger partial charge in [-0.2, -0.15) is 0 Å². The normalized spacial score (nSPS) is 18.1. The summed E-state index contributed by atoms with van der Waals surface area (Å²) in [5.74, 6) is 1.62. The maximum Gasteiger partial charge on any atom is 0.202 e. The first-order chi connectivity index (χ1) is 7.86. The summed E-state index contributed by atoms with van der Waals surface area (Å²) in [5, 5.41) is 1.67. The van der Waals surface area contributed by atoms with Crippen molar-refractivity contribution in [2.45, 2.75) is 19.1 Å². The number of hydrogen-bond donors (Lipinski definition) is 0. The molecule has 0 saturated carbocycles. The minimum Gasteiger partial charge on any atom is -0.464 e. The van der Waals surface area contributed by atoms with Gasteiger partial charge in [0.25, 0.3) is 0 Å².